The van der Waals surface area contributed by atoms with Crippen molar-refractivity contribution in [3.63, 3.8) is 0 Å². The highest BCUT2D eigenvalue weighted by Gasteiger charge is 2.52. The van der Waals surface area contributed by atoms with E-state index in [0.717, 1.165) is 12.0 Å². The number of hydrogen-bond acceptors (Lipinski definition) is 3. The minimum absolute atomic E-state index is 0.0565. The molecule has 0 radical (unpaired) electrons. The summed E-state index contributed by atoms with van der Waals surface area (Å²) in [5, 5.41) is 0. The van der Waals surface area contributed by atoms with E-state index < -0.39 is 5.41 Å². The molecule has 5 nitrogen and oxygen atoms in total. The van der Waals surface area contributed by atoms with Crippen molar-refractivity contribution < 1.29 is 14.4 Å². The maximum atomic E-state index is 12.9. The van der Waals surface area contributed by atoms with E-state index in [1.807, 2.05) is 42.2 Å². The van der Waals surface area contributed by atoms with Gasteiger partial charge in [0.05, 0.1) is 12.0 Å². The van der Waals surface area contributed by atoms with Gasteiger partial charge in [0.2, 0.25) is 17.7 Å². The third-order valence-corrected chi connectivity index (χ3v) is 5.21. The fourth-order valence-corrected chi connectivity index (χ4v) is 3.73. The van der Waals surface area contributed by atoms with Crippen LogP contribution in [-0.2, 0) is 20.9 Å². The average Bonchev–Trinajstić information content (AvgIpc) is 2.81. The summed E-state index contributed by atoms with van der Waals surface area (Å²) in [4.78, 5) is 40.6. The summed E-state index contributed by atoms with van der Waals surface area (Å²) in [5.41, 5.74) is 0.376. The van der Waals surface area contributed by atoms with Crippen LogP contribution in [0.4, 0.5) is 0 Å². The van der Waals surface area contributed by atoms with E-state index in [2.05, 4.69) is 0 Å². The molecule has 2 heterocycles. The lowest BCUT2D eigenvalue weighted by Crippen LogP contribution is -2.46. The summed E-state index contributed by atoms with van der Waals surface area (Å²) in [5.74, 6) is 0.0152. The van der Waals surface area contributed by atoms with Gasteiger partial charge in [-0.25, -0.2) is 0 Å². The molecule has 2 aliphatic rings. The lowest BCUT2D eigenvalue weighted by molar-refractivity contribution is -0.145. The molecule has 0 bridgehead atoms. The molecule has 2 saturated heterocycles. The Bertz CT molecular complexity index is 633. The van der Waals surface area contributed by atoms with Crippen LogP contribution in [0.5, 0.6) is 0 Å². The number of piperidine rings is 1. The second-order valence-electron chi connectivity index (χ2n) is 6.86. The molecule has 128 valence electrons. The summed E-state index contributed by atoms with van der Waals surface area (Å²) in [7, 11) is 0. The Morgan fingerprint density at radius 1 is 1.12 bits per heavy atom. The zero-order chi connectivity index (χ0) is 17.2. The van der Waals surface area contributed by atoms with Crippen LogP contribution in [0.3, 0.4) is 0 Å². The number of amides is 3. The van der Waals surface area contributed by atoms with E-state index in [9.17, 15) is 14.4 Å². The predicted molar refractivity (Wildman–Crippen MR) is 89.8 cm³/mol. The van der Waals surface area contributed by atoms with Crippen molar-refractivity contribution in [2.45, 2.75) is 45.6 Å². The third-order valence-electron chi connectivity index (χ3n) is 5.21. The van der Waals surface area contributed by atoms with Crippen LogP contribution in [0.2, 0.25) is 0 Å². The number of rotatable bonds is 4. The molecule has 0 aromatic heterocycles. The molecule has 2 fully saturated rings. The lowest BCUT2D eigenvalue weighted by atomic mass is 9.77. The Labute approximate surface area is 142 Å². The number of nitrogens with zero attached hydrogens (tertiary/aromatic N) is 2. The first-order chi connectivity index (χ1) is 11.6. The molecule has 0 unspecified atom stereocenters. The van der Waals surface area contributed by atoms with Gasteiger partial charge in [-0.05, 0) is 24.8 Å². The van der Waals surface area contributed by atoms with Crippen molar-refractivity contribution in [3.8, 4) is 0 Å². The molecule has 3 rings (SSSR count). The molecule has 24 heavy (non-hydrogen) atoms. The van der Waals surface area contributed by atoms with Gasteiger partial charge >= 0.3 is 0 Å². The highest BCUT2D eigenvalue weighted by molar-refractivity contribution is 6.06. The Kier molecular flexibility index (Phi) is 4.69. The SMILES string of the molecule is CCCC(=O)N1CCC2(CC1)CC(=O)N(Cc1ccccc1)C2=O. The molecule has 1 aromatic rings. The third kappa shape index (κ3) is 3.07. The van der Waals surface area contributed by atoms with Crippen molar-refractivity contribution >= 4 is 17.7 Å². The summed E-state index contributed by atoms with van der Waals surface area (Å²) in [6.45, 7) is 3.50. The van der Waals surface area contributed by atoms with E-state index in [0.29, 0.717) is 38.9 Å². The van der Waals surface area contributed by atoms with Crippen molar-refractivity contribution in [2.24, 2.45) is 5.41 Å². The number of benzene rings is 1. The molecule has 0 atom stereocenters. The standard InChI is InChI=1S/C19H24N2O3/c1-2-6-16(22)20-11-9-19(10-12-20)13-17(23)21(18(19)24)14-15-7-4-3-5-8-15/h3-5,7-8H,2,6,9-14H2,1H3. The van der Waals surface area contributed by atoms with Gasteiger partial charge in [-0.3, -0.25) is 19.3 Å². The van der Waals surface area contributed by atoms with Gasteiger partial charge in [-0.2, -0.15) is 0 Å². The van der Waals surface area contributed by atoms with E-state index >= 15 is 0 Å². The molecular weight excluding hydrogens is 304 g/mol. The molecule has 1 aromatic carbocycles. The van der Waals surface area contributed by atoms with Gasteiger partial charge in [-0.15, -0.1) is 0 Å². The fourth-order valence-electron chi connectivity index (χ4n) is 3.73. The van der Waals surface area contributed by atoms with Crippen LogP contribution in [0.1, 0.15) is 44.6 Å². The smallest absolute Gasteiger partial charge is 0.236 e. The molecule has 0 aliphatic carbocycles. The number of carbonyl (C=O) groups excluding carboxylic acids is 3. The maximum Gasteiger partial charge on any atom is 0.236 e. The van der Waals surface area contributed by atoms with E-state index in [1.165, 1.54) is 4.90 Å². The Balaban J connectivity index is 1.67. The summed E-state index contributed by atoms with van der Waals surface area (Å²) < 4.78 is 0. The van der Waals surface area contributed by atoms with Crippen molar-refractivity contribution in [3.05, 3.63) is 35.9 Å². The number of likely N-dealkylation sites (tertiary alicyclic amines) is 2. The predicted octanol–water partition coefficient (Wildman–Crippen LogP) is 2.35. The van der Waals surface area contributed by atoms with Gasteiger partial charge in [0.1, 0.15) is 0 Å². The Morgan fingerprint density at radius 3 is 2.42 bits per heavy atom. The van der Waals surface area contributed by atoms with Crippen molar-refractivity contribution in [1.29, 1.82) is 0 Å². The summed E-state index contributed by atoms with van der Waals surface area (Å²) >= 11 is 0. The second kappa shape index (κ2) is 6.75. The molecule has 3 amide bonds. The zero-order valence-electron chi connectivity index (χ0n) is 14.2. The first-order valence-corrected chi connectivity index (χ1v) is 8.72. The average molecular weight is 328 g/mol. The topological polar surface area (TPSA) is 57.7 Å². The molecule has 5 heteroatoms. The number of imide groups is 1. The minimum atomic E-state index is -0.588. The van der Waals surface area contributed by atoms with E-state index in [-0.39, 0.29) is 24.1 Å². The quantitative estimate of drug-likeness (QED) is 0.797. The van der Waals surface area contributed by atoms with Gasteiger partial charge in [-0.1, -0.05) is 37.3 Å². The summed E-state index contributed by atoms with van der Waals surface area (Å²) in [6.07, 6.45) is 2.87. The molecule has 0 N–H and O–H groups in total. The van der Waals surface area contributed by atoms with E-state index in [4.69, 9.17) is 0 Å². The summed E-state index contributed by atoms with van der Waals surface area (Å²) in [6, 6.07) is 9.60. The normalized spacial score (nSPS) is 20.0. The fraction of sp³-hybridized carbons (Fsp3) is 0.526. The molecular formula is C19H24N2O3. The van der Waals surface area contributed by atoms with Crippen LogP contribution < -0.4 is 0 Å². The maximum absolute atomic E-state index is 12.9. The van der Waals surface area contributed by atoms with Crippen molar-refractivity contribution in [1.82, 2.24) is 9.80 Å². The highest BCUT2D eigenvalue weighted by Crippen LogP contribution is 2.42. The van der Waals surface area contributed by atoms with Crippen molar-refractivity contribution in [2.75, 3.05) is 13.1 Å². The molecule has 2 aliphatic heterocycles. The second-order valence-corrected chi connectivity index (χ2v) is 6.86. The Hall–Kier alpha value is -2.17. The number of hydrogen-bond donors (Lipinski definition) is 0. The monoisotopic (exact) mass is 328 g/mol. The van der Waals surface area contributed by atoms with Gasteiger partial charge in [0.15, 0.2) is 0 Å². The van der Waals surface area contributed by atoms with E-state index in [1.54, 1.807) is 0 Å². The largest absolute Gasteiger partial charge is 0.343 e. The number of carbonyl (C=O) groups is 3. The van der Waals surface area contributed by atoms with Gasteiger partial charge in [0.25, 0.3) is 0 Å². The zero-order valence-corrected chi connectivity index (χ0v) is 14.2. The Morgan fingerprint density at radius 2 is 1.79 bits per heavy atom. The van der Waals surface area contributed by atoms with Gasteiger partial charge < -0.3 is 4.90 Å². The first kappa shape index (κ1) is 16.7. The molecule has 1 spiro atoms. The van der Waals surface area contributed by atoms with Crippen LogP contribution >= 0.6 is 0 Å². The molecule has 0 saturated carbocycles. The highest BCUT2D eigenvalue weighted by atomic mass is 16.2. The van der Waals surface area contributed by atoms with Crippen LogP contribution in [0.15, 0.2) is 30.3 Å². The first-order valence-electron chi connectivity index (χ1n) is 8.72. The van der Waals surface area contributed by atoms with Crippen LogP contribution in [0.25, 0.3) is 0 Å². The van der Waals surface area contributed by atoms with Gasteiger partial charge in [0, 0.05) is 25.9 Å². The minimum Gasteiger partial charge on any atom is -0.343 e. The lowest BCUT2D eigenvalue weighted by Gasteiger charge is -2.37. The van der Waals surface area contributed by atoms with Crippen LogP contribution in [0, 0.1) is 5.41 Å². The van der Waals surface area contributed by atoms with Crippen LogP contribution in [-0.4, -0.2) is 40.6 Å².